The predicted molar refractivity (Wildman–Crippen MR) is 86.0 cm³/mol. The number of aromatic amines is 2. The molecule has 2 heterocycles. The highest BCUT2D eigenvalue weighted by molar-refractivity contribution is 7.89. The smallest absolute Gasteiger partial charge is 0.307 e. The number of sulfonamides is 1. The largest absolute Gasteiger partial charge is 0.326 e. The number of likely N-dealkylation sites (N-methyl/N-ethyl adjacent to an activating group) is 1. The van der Waals surface area contributed by atoms with Crippen molar-refractivity contribution < 1.29 is 8.42 Å². The van der Waals surface area contributed by atoms with E-state index in [4.69, 9.17) is 0 Å². The van der Waals surface area contributed by atoms with E-state index in [-0.39, 0.29) is 22.2 Å². The van der Waals surface area contributed by atoms with Crippen molar-refractivity contribution in [3.8, 4) is 0 Å². The molecule has 1 aromatic carbocycles. The molecule has 9 heteroatoms. The molecule has 1 aliphatic rings. The van der Waals surface area contributed by atoms with Gasteiger partial charge in [0.2, 0.25) is 10.0 Å². The Kier molecular flexibility index (Phi) is 3.86. The lowest BCUT2D eigenvalue weighted by molar-refractivity contribution is 0.400. The molecule has 23 heavy (non-hydrogen) atoms. The molecule has 2 atom stereocenters. The van der Waals surface area contributed by atoms with Crippen LogP contribution in [0.2, 0.25) is 0 Å². The number of rotatable bonds is 3. The molecule has 3 rings (SSSR count). The van der Waals surface area contributed by atoms with Crippen LogP contribution in [0.15, 0.2) is 32.7 Å². The molecule has 0 amide bonds. The Morgan fingerprint density at radius 1 is 1.22 bits per heavy atom. The van der Waals surface area contributed by atoms with E-state index in [0.717, 1.165) is 6.54 Å². The molecule has 2 aromatic rings. The Morgan fingerprint density at radius 3 is 2.61 bits per heavy atom. The Hall–Kier alpha value is -1.97. The van der Waals surface area contributed by atoms with Crippen molar-refractivity contribution in [1.82, 2.24) is 19.6 Å². The van der Waals surface area contributed by atoms with E-state index < -0.39 is 21.3 Å². The lowest BCUT2D eigenvalue weighted by Gasteiger charge is -2.16. The first-order valence-electron chi connectivity index (χ1n) is 7.23. The van der Waals surface area contributed by atoms with Crippen molar-refractivity contribution in [2.75, 3.05) is 20.1 Å². The number of nitrogens with zero attached hydrogens (tertiary/aromatic N) is 1. The van der Waals surface area contributed by atoms with E-state index >= 15 is 0 Å². The molecule has 124 valence electrons. The molecule has 8 nitrogen and oxygen atoms in total. The maximum absolute atomic E-state index is 12.5. The van der Waals surface area contributed by atoms with E-state index in [0.29, 0.717) is 12.1 Å². The summed E-state index contributed by atoms with van der Waals surface area (Å²) >= 11 is 0. The normalized spacial score (nSPS) is 22.7. The lowest BCUT2D eigenvalue weighted by Crippen LogP contribution is -2.39. The maximum Gasteiger partial charge on any atom is 0.326 e. The lowest BCUT2D eigenvalue weighted by atomic mass is 10.1. The van der Waals surface area contributed by atoms with Crippen molar-refractivity contribution in [3.05, 3.63) is 39.0 Å². The first-order chi connectivity index (χ1) is 10.8. The fourth-order valence-corrected chi connectivity index (χ4v) is 4.30. The van der Waals surface area contributed by atoms with Crippen molar-refractivity contribution in [2.24, 2.45) is 5.92 Å². The molecule has 0 aliphatic carbocycles. The third kappa shape index (κ3) is 3.07. The van der Waals surface area contributed by atoms with Crippen LogP contribution in [0.3, 0.4) is 0 Å². The van der Waals surface area contributed by atoms with Crippen molar-refractivity contribution >= 4 is 20.9 Å². The average Bonchev–Trinajstić information content (AvgIpc) is 2.75. The van der Waals surface area contributed by atoms with Crippen molar-refractivity contribution in [1.29, 1.82) is 0 Å². The van der Waals surface area contributed by atoms with Gasteiger partial charge in [-0.25, -0.2) is 17.9 Å². The Morgan fingerprint density at radius 2 is 1.96 bits per heavy atom. The zero-order valence-electron chi connectivity index (χ0n) is 12.8. The number of nitrogens with one attached hydrogen (secondary N) is 3. The van der Waals surface area contributed by atoms with Gasteiger partial charge in [-0.2, -0.15) is 0 Å². The molecular formula is C14H18N4O4S. The Bertz CT molecular complexity index is 963. The number of hydrogen-bond acceptors (Lipinski definition) is 5. The molecule has 1 aliphatic heterocycles. The molecule has 3 N–H and O–H groups in total. The van der Waals surface area contributed by atoms with Gasteiger partial charge in [0.15, 0.2) is 0 Å². The molecule has 0 spiro atoms. The predicted octanol–water partition coefficient (Wildman–Crippen LogP) is -0.555. The van der Waals surface area contributed by atoms with E-state index in [1.165, 1.54) is 18.2 Å². The van der Waals surface area contributed by atoms with Gasteiger partial charge >= 0.3 is 5.69 Å². The fourth-order valence-electron chi connectivity index (χ4n) is 2.94. The quantitative estimate of drug-likeness (QED) is 0.694. The van der Waals surface area contributed by atoms with Crippen LogP contribution in [0.4, 0.5) is 0 Å². The second kappa shape index (κ2) is 5.59. The van der Waals surface area contributed by atoms with Crippen LogP contribution < -0.4 is 16.0 Å². The zero-order chi connectivity index (χ0) is 16.8. The Labute approximate surface area is 132 Å². The molecule has 0 unspecified atom stereocenters. The van der Waals surface area contributed by atoms with E-state index in [9.17, 15) is 18.0 Å². The van der Waals surface area contributed by atoms with Crippen LogP contribution in [-0.2, 0) is 10.0 Å². The first-order valence-corrected chi connectivity index (χ1v) is 8.72. The molecule has 0 bridgehead atoms. The summed E-state index contributed by atoms with van der Waals surface area (Å²) in [6.45, 7) is 3.46. The minimum Gasteiger partial charge on any atom is -0.307 e. The van der Waals surface area contributed by atoms with E-state index in [1.807, 2.05) is 14.0 Å². The molecule has 0 radical (unpaired) electrons. The number of aromatic nitrogens is 2. The number of hydrogen-bond donors (Lipinski definition) is 3. The summed E-state index contributed by atoms with van der Waals surface area (Å²) < 4.78 is 27.8. The van der Waals surface area contributed by atoms with Gasteiger partial charge in [-0.05, 0) is 31.2 Å². The topological polar surface area (TPSA) is 115 Å². The van der Waals surface area contributed by atoms with Gasteiger partial charge in [0.25, 0.3) is 5.56 Å². The van der Waals surface area contributed by atoms with Crippen LogP contribution in [-0.4, -0.2) is 49.5 Å². The second-order valence-corrected chi connectivity index (χ2v) is 7.76. The second-order valence-electron chi connectivity index (χ2n) is 6.04. The molecule has 1 fully saturated rings. The van der Waals surface area contributed by atoms with Crippen molar-refractivity contribution in [2.45, 2.75) is 17.9 Å². The summed E-state index contributed by atoms with van der Waals surface area (Å²) in [7, 11) is -1.80. The van der Waals surface area contributed by atoms with Gasteiger partial charge < -0.3 is 9.88 Å². The maximum atomic E-state index is 12.5. The minimum absolute atomic E-state index is 0.00398. The van der Waals surface area contributed by atoms with Gasteiger partial charge in [-0.1, -0.05) is 6.92 Å². The number of benzene rings is 1. The SMILES string of the molecule is C[C@H]1CN(C)C[C@@H]1NS(=O)(=O)c1ccc2[nH]c(=O)[nH]c(=O)c2c1. The highest BCUT2D eigenvalue weighted by Crippen LogP contribution is 2.19. The minimum atomic E-state index is -3.74. The van der Waals surface area contributed by atoms with Crippen LogP contribution in [0.25, 0.3) is 10.9 Å². The number of H-pyrrole nitrogens is 2. The van der Waals surface area contributed by atoms with Crippen LogP contribution in [0.1, 0.15) is 6.92 Å². The van der Waals surface area contributed by atoms with Crippen LogP contribution in [0.5, 0.6) is 0 Å². The average molecular weight is 338 g/mol. The van der Waals surface area contributed by atoms with Gasteiger partial charge in [-0.15, -0.1) is 0 Å². The summed E-state index contributed by atoms with van der Waals surface area (Å²) in [5.41, 5.74) is -0.944. The third-order valence-corrected chi connectivity index (χ3v) is 5.61. The van der Waals surface area contributed by atoms with Gasteiger partial charge in [0.05, 0.1) is 15.8 Å². The number of likely N-dealkylation sites (tertiary alicyclic amines) is 1. The van der Waals surface area contributed by atoms with Crippen LogP contribution in [0, 0.1) is 5.92 Å². The van der Waals surface area contributed by atoms with E-state index in [2.05, 4.69) is 19.6 Å². The monoisotopic (exact) mass is 338 g/mol. The fraction of sp³-hybridized carbons (Fsp3) is 0.429. The molecule has 1 aromatic heterocycles. The molecule has 0 saturated carbocycles. The summed E-state index contributed by atoms with van der Waals surface area (Å²) in [6, 6.07) is 3.90. The highest BCUT2D eigenvalue weighted by atomic mass is 32.2. The summed E-state index contributed by atoms with van der Waals surface area (Å²) in [4.78, 5) is 29.7. The first kappa shape index (κ1) is 15.9. The van der Waals surface area contributed by atoms with Gasteiger partial charge in [0.1, 0.15) is 0 Å². The summed E-state index contributed by atoms with van der Waals surface area (Å²) in [5.74, 6) is 0.204. The molecular weight excluding hydrogens is 320 g/mol. The van der Waals surface area contributed by atoms with Crippen LogP contribution >= 0.6 is 0 Å². The van der Waals surface area contributed by atoms with E-state index in [1.54, 1.807) is 0 Å². The van der Waals surface area contributed by atoms with Gasteiger partial charge in [-0.3, -0.25) is 9.78 Å². The van der Waals surface area contributed by atoms with Gasteiger partial charge in [0, 0.05) is 19.1 Å². The molecule has 1 saturated heterocycles. The zero-order valence-corrected chi connectivity index (χ0v) is 13.6. The number of fused-ring (bicyclic) bond motifs is 1. The van der Waals surface area contributed by atoms with Crippen molar-refractivity contribution in [3.63, 3.8) is 0 Å². The Balaban J connectivity index is 1.98. The highest BCUT2D eigenvalue weighted by Gasteiger charge is 2.31. The summed E-state index contributed by atoms with van der Waals surface area (Å²) in [5, 5.41) is 0.129. The third-order valence-electron chi connectivity index (χ3n) is 4.12. The standard InChI is InChI=1S/C14H18N4O4S/c1-8-6-18(2)7-12(8)17-23(21,22)9-3-4-11-10(5-9)13(19)16-14(20)15-11/h3-5,8,12,17H,6-7H2,1-2H3,(H2,15,16,19,20)/t8-,12-/m0/s1. The summed E-state index contributed by atoms with van der Waals surface area (Å²) in [6.07, 6.45) is 0.